The van der Waals surface area contributed by atoms with Crippen LogP contribution < -0.4 is 0 Å². The lowest BCUT2D eigenvalue weighted by Crippen LogP contribution is -2.37. The highest BCUT2D eigenvalue weighted by Crippen LogP contribution is 2.25. The van der Waals surface area contributed by atoms with E-state index in [4.69, 9.17) is 0 Å². The molecule has 0 aliphatic carbocycles. The second-order valence-electron chi connectivity index (χ2n) is 6.53. The van der Waals surface area contributed by atoms with Crippen LogP contribution in [0.2, 0.25) is 0 Å². The normalized spacial score (nSPS) is 13.4. The molecule has 0 unspecified atom stereocenters. The SMILES string of the molecule is Cn1c(SCC(=O)N2CCc3ccccc3C2)nnc1-c1ccc(O)cc1. The van der Waals surface area contributed by atoms with Crippen molar-refractivity contribution in [3.8, 4) is 17.1 Å². The molecule has 7 heteroatoms. The molecule has 0 fully saturated rings. The molecule has 0 atom stereocenters. The van der Waals surface area contributed by atoms with E-state index in [0.717, 1.165) is 18.5 Å². The first-order valence-corrected chi connectivity index (χ1v) is 9.76. The number of aromatic hydroxyl groups is 1. The molecule has 0 radical (unpaired) electrons. The topological polar surface area (TPSA) is 71.2 Å². The molecule has 2 aromatic carbocycles. The van der Waals surface area contributed by atoms with E-state index in [2.05, 4.69) is 22.3 Å². The van der Waals surface area contributed by atoms with Crippen LogP contribution in [0.4, 0.5) is 0 Å². The Morgan fingerprint density at radius 3 is 2.63 bits per heavy atom. The van der Waals surface area contributed by atoms with Gasteiger partial charge in [0.2, 0.25) is 5.91 Å². The second-order valence-corrected chi connectivity index (χ2v) is 7.48. The fourth-order valence-corrected chi connectivity index (χ4v) is 4.04. The summed E-state index contributed by atoms with van der Waals surface area (Å²) in [7, 11) is 1.88. The van der Waals surface area contributed by atoms with Gasteiger partial charge in [0.1, 0.15) is 5.75 Å². The van der Waals surface area contributed by atoms with Gasteiger partial charge in [-0.15, -0.1) is 10.2 Å². The molecule has 0 bridgehead atoms. The van der Waals surface area contributed by atoms with E-state index < -0.39 is 0 Å². The number of phenols is 1. The van der Waals surface area contributed by atoms with Crippen molar-refractivity contribution in [1.82, 2.24) is 19.7 Å². The third-order valence-electron chi connectivity index (χ3n) is 4.77. The molecular weight excluding hydrogens is 360 g/mol. The van der Waals surface area contributed by atoms with Gasteiger partial charge in [-0.05, 0) is 41.8 Å². The third-order valence-corrected chi connectivity index (χ3v) is 5.77. The molecule has 3 aromatic rings. The van der Waals surface area contributed by atoms with Crippen LogP contribution in [0.1, 0.15) is 11.1 Å². The molecule has 6 nitrogen and oxygen atoms in total. The minimum absolute atomic E-state index is 0.115. The standard InChI is InChI=1S/C20H20N4O2S/c1-23-19(15-6-8-17(25)9-7-15)21-22-20(23)27-13-18(26)24-11-10-14-4-2-3-5-16(14)12-24/h2-9,25H,10-13H2,1H3. The average Bonchev–Trinajstić information content (AvgIpc) is 3.07. The van der Waals surface area contributed by atoms with Crippen LogP contribution in [0.3, 0.4) is 0 Å². The fraction of sp³-hybridized carbons (Fsp3) is 0.250. The summed E-state index contributed by atoms with van der Waals surface area (Å²) in [6.45, 7) is 1.43. The van der Waals surface area contributed by atoms with E-state index >= 15 is 0 Å². The van der Waals surface area contributed by atoms with Gasteiger partial charge in [-0.2, -0.15) is 0 Å². The monoisotopic (exact) mass is 380 g/mol. The lowest BCUT2D eigenvalue weighted by atomic mass is 10.00. The molecule has 4 rings (SSSR count). The molecular formula is C20H20N4O2S. The van der Waals surface area contributed by atoms with Crippen LogP contribution in [-0.4, -0.2) is 43.0 Å². The molecule has 0 saturated carbocycles. The number of carbonyl (C=O) groups excluding carboxylic acids is 1. The number of amides is 1. The maximum atomic E-state index is 12.6. The predicted octanol–water partition coefficient (Wildman–Crippen LogP) is 2.86. The van der Waals surface area contributed by atoms with Crippen LogP contribution in [0.15, 0.2) is 53.7 Å². The Balaban J connectivity index is 1.41. The summed E-state index contributed by atoms with van der Waals surface area (Å²) < 4.78 is 1.87. The summed E-state index contributed by atoms with van der Waals surface area (Å²) >= 11 is 1.40. The number of rotatable bonds is 4. The Morgan fingerprint density at radius 2 is 1.85 bits per heavy atom. The van der Waals surface area contributed by atoms with Crippen molar-refractivity contribution in [2.75, 3.05) is 12.3 Å². The molecule has 1 amide bonds. The molecule has 1 aliphatic rings. The van der Waals surface area contributed by atoms with Crippen LogP contribution in [0.25, 0.3) is 11.4 Å². The highest BCUT2D eigenvalue weighted by Gasteiger charge is 2.21. The molecule has 138 valence electrons. The van der Waals surface area contributed by atoms with Crippen LogP contribution in [0, 0.1) is 0 Å². The van der Waals surface area contributed by atoms with Crippen molar-refractivity contribution in [1.29, 1.82) is 0 Å². The van der Waals surface area contributed by atoms with Crippen molar-refractivity contribution in [3.63, 3.8) is 0 Å². The third kappa shape index (κ3) is 3.68. The Morgan fingerprint density at radius 1 is 1.11 bits per heavy atom. The Kier molecular flexibility index (Phi) is 4.85. The average molecular weight is 380 g/mol. The summed E-state index contributed by atoms with van der Waals surface area (Å²) in [4.78, 5) is 14.5. The van der Waals surface area contributed by atoms with Crippen molar-refractivity contribution >= 4 is 17.7 Å². The van der Waals surface area contributed by atoms with Gasteiger partial charge in [-0.25, -0.2) is 0 Å². The number of nitrogens with zero attached hydrogens (tertiary/aromatic N) is 4. The van der Waals surface area contributed by atoms with Gasteiger partial charge in [0.25, 0.3) is 0 Å². The zero-order chi connectivity index (χ0) is 18.8. The zero-order valence-electron chi connectivity index (χ0n) is 15.0. The number of hydrogen-bond acceptors (Lipinski definition) is 5. The Bertz CT molecular complexity index is 968. The lowest BCUT2D eigenvalue weighted by molar-refractivity contribution is -0.129. The van der Waals surface area contributed by atoms with Gasteiger partial charge >= 0.3 is 0 Å². The molecule has 0 spiro atoms. The van der Waals surface area contributed by atoms with Gasteiger partial charge < -0.3 is 14.6 Å². The molecule has 1 N–H and O–H groups in total. The quantitative estimate of drug-likeness (QED) is 0.705. The van der Waals surface area contributed by atoms with Crippen LogP contribution in [-0.2, 0) is 24.8 Å². The van der Waals surface area contributed by atoms with E-state index in [1.54, 1.807) is 24.3 Å². The minimum Gasteiger partial charge on any atom is -0.508 e. The highest BCUT2D eigenvalue weighted by atomic mass is 32.2. The molecule has 1 aromatic heterocycles. The van der Waals surface area contributed by atoms with Crippen molar-refractivity contribution in [2.45, 2.75) is 18.1 Å². The van der Waals surface area contributed by atoms with Crippen LogP contribution in [0.5, 0.6) is 5.75 Å². The molecule has 2 heterocycles. The van der Waals surface area contributed by atoms with E-state index in [0.29, 0.717) is 23.3 Å². The Hall–Kier alpha value is -2.80. The number of hydrogen-bond donors (Lipinski definition) is 1. The van der Waals surface area contributed by atoms with Gasteiger partial charge in [-0.3, -0.25) is 4.79 Å². The number of carbonyl (C=O) groups is 1. The first-order valence-electron chi connectivity index (χ1n) is 8.78. The number of aromatic nitrogens is 3. The lowest BCUT2D eigenvalue weighted by Gasteiger charge is -2.28. The number of fused-ring (bicyclic) bond motifs is 1. The van der Waals surface area contributed by atoms with Crippen molar-refractivity contribution < 1.29 is 9.90 Å². The van der Waals surface area contributed by atoms with Gasteiger partial charge in [0.15, 0.2) is 11.0 Å². The first-order chi connectivity index (χ1) is 13.1. The van der Waals surface area contributed by atoms with Crippen molar-refractivity contribution in [3.05, 3.63) is 59.7 Å². The summed E-state index contributed by atoms with van der Waals surface area (Å²) in [5, 5.41) is 18.5. The van der Waals surface area contributed by atoms with E-state index in [1.807, 2.05) is 28.6 Å². The van der Waals surface area contributed by atoms with E-state index in [-0.39, 0.29) is 11.7 Å². The van der Waals surface area contributed by atoms with Gasteiger partial charge in [0.05, 0.1) is 5.75 Å². The van der Waals surface area contributed by atoms with Gasteiger partial charge in [-0.1, -0.05) is 36.0 Å². The number of thioether (sulfide) groups is 1. The fourth-order valence-electron chi connectivity index (χ4n) is 3.23. The van der Waals surface area contributed by atoms with Crippen LogP contribution >= 0.6 is 11.8 Å². The molecule has 0 saturated heterocycles. The Labute approximate surface area is 161 Å². The number of benzene rings is 2. The van der Waals surface area contributed by atoms with Gasteiger partial charge in [0, 0.05) is 25.7 Å². The first kappa shape index (κ1) is 17.6. The van der Waals surface area contributed by atoms with E-state index in [1.165, 1.54) is 22.9 Å². The number of phenolic OH excluding ortho intramolecular Hbond substituents is 1. The second kappa shape index (κ2) is 7.44. The summed E-state index contributed by atoms with van der Waals surface area (Å²) in [6, 6.07) is 15.1. The predicted molar refractivity (Wildman–Crippen MR) is 104 cm³/mol. The summed E-state index contributed by atoms with van der Waals surface area (Å²) in [5.41, 5.74) is 3.44. The maximum absolute atomic E-state index is 12.6. The summed E-state index contributed by atoms with van der Waals surface area (Å²) in [5.74, 6) is 1.37. The smallest absolute Gasteiger partial charge is 0.233 e. The van der Waals surface area contributed by atoms with E-state index in [9.17, 15) is 9.90 Å². The molecule has 27 heavy (non-hydrogen) atoms. The largest absolute Gasteiger partial charge is 0.508 e. The minimum atomic E-state index is 0.115. The van der Waals surface area contributed by atoms with Crippen molar-refractivity contribution in [2.24, 2.45) is 7.05 Å². The zero-order valence-corrected chi connectivity index (χ0v) is 15.8. The molecule has 1 aliphatic heterocycles. The highest BCUT2D eigenvalue weighted by molar-refractivity contribution is 7.99. The summed E-state index contributed by atoms with van der Waals surface area (Å²) in [6.07, 6.45) is 0.904. The maximum Gasteiger partial charge on any atom is 0.233 e.